The number of hydrogen-bond acceptors (Lipinski definition) is 3. The van der Waals surface area contributed by atoms with Gasteiger partial charge in [-0.1, -0.05) is 23.2 Å². The van der Waals surface area contributed by atoms with Crippen molar-refractivity contribution in [3.8, 4) is 0 Å². The second-order valence-electron chi connectivity index (χ2n) is 3.56. The van der Waals surface area contributed by atoms with E-state index in [1.54, 1.807) is 19.1 Å². The van der Waals surface area contributed by atoms with Crippen molar-refractivity contribution in [3.63, 3.8) is 0 Å². The molecule has 5 heteroatoms. The second kappa shape index (κ2) is 6.72. The van der Waals surface area contributed by atoms with Gasteiger partial charge >= 0.3 is 5.97 Å². The summed E-state index contributed by atoms with van der Waals surface area (Å²) in [5, 5.41) is 4.29. The summed E-state index contributed by atoms with van der Waals surface area (Å²) in [5.41, 5.74) is 1.65. The molecule has 0 fully saturated rings. The van der Waals surface area contributed by atoms with E-state index in [4.69, 9.17) is 27.9 Å². The predicted octanol–water partition coefficient (Wildman–Crippen LogP) is 3.67. The van der Waals surface area contributed by atoms with Gasteiger partial charge in [0.1, 0.15) is 0 Å². The number of rotatable bonds is 5. The molecule has 0 aliphatic heterocycles. The normalized spacial score (nSPS) is 10.1. The van der Waals surface area contributed by atoms with Crippen molar-refractivity contribution in [2.45, 2.75) is 20.3 Å². The molecule has 1 aromatic rings. The predicted molar refractivity (Wildman–Crippen MR) is 70.9 cm³/mol. The highest BCUT2D eigenvalue weighted by molar-refractivity contribution is 6.35. The Hall–Kier alpha value is -0.930. The Morgan fingerprint density at radius 2 is 2.06 bits per heavy atom. The average molecular weight is 276 g/mol. The molecule has 1 aromatic carbocycles. The Bertz CT molecular complexity index is 408. The highest BCUT2D eigenvalue weighted by Gasteiger charge is 2.06. The number of hydrogen-bond donors (Lipinski definition) is 1. The lowest BCUT2D eigenvalue weighted by Gasteiger charge is -2.10. The maximum atomic E-state index is 11.1. The Balaban J connectivity index is 2.52. The molecular weight excluding hydrogens is 261 g/mol. The van der Waals surface area contributed by atoms with E-state index < -0.39 is 0 Å². The van der Waals surface area contributed by atoms with E-state index >= 15 is 0 Å². The van der Waals surface area contributed by atoms with Crippen LogP contribution in [0.25, 0.3) is 0 Å². The van der Waals surface area contributed by atoms with Gasteiger partial charge in [-0.15, -0.1) is 0 Å². The molecule has 0 aromatic heterocycles. The maximum Gasteiger partial charge on any atom is 0.307 e. The molecule has 0 aliphatic rings. The van der Waals surface area contributed by atoms with Crippen molar-refractivity contribution in [1.82, 2.24) is 0 Å². The van der Waals surface area contributed by atoms with Gasteiger partial charge in [-0.25, -0.2) is 0 Å². The minimum atomic E-state index is -0.227. The third-order valence-corrected chi connectivity index (χ3v) is 2.92. The van der Waals surface area contributed by atoms with Crippen molar-refractivity contribution in [2.75, 3.05) is 18.5 Å². The summed E-state index contributed by atoms with van der Waals surface area (Å²) in [5.74, 6) is -0.227. The standard InChI is InChI=1S/C12H15Cl2NO2/c1-3-17-12(16)4-5-15-11-7-9(13)8(2)6-10(11)14/h6-7,15H,3-5H2,1-2H3. The number of anilines is 1. The van der Waals surface area contributed by atoms with E-state index in [1.807, 2.05) is 6.92 Å². The number of benzene rings is 1. The van der Waals surface area contributed by atoms with Gasteiger partial charge in [-0.3, -0.25) is 4.79 Å². The summed E-state index contributed by atoms with van der Waals surface area (Å²) < 4.78 is 4.81. The fraction of sp³-hybridized carbons (Fsp3) is 0.417. The first-order chi connectivity index (χ1) is 8.04. The van der Waals surface area contributed by atoms with Gasteiger partial charge in [-0.05, 0) is 31.5 Å². The van der Waals surface area contributed by atoms with Gasteiger partial charge < -0.3 is 10.1 Å². The molecule has 0 unspecified atom stereocenters. The van der Waals surface area contributed by atoms with Crippen LogP contribution in [0.4, 0.5) is 5.69 Å². The second-order valence-corrected chi connectivity index (χ2v) is 4.38. The molecule has 0 aliphatic carbocycles. The van der Waals surface area contributed by atoms with E-state index in [0.717, 1.165) is 11.3 Å². The number of aryl methyl sites for hydroxylation is 1. The molecule has 0 amide bonds. The fourth-order valence-electron chi connectivity index (χ4n) is 1.31. The number of nitrogens with one attached hydrogen (secondary N) is 1. The van der Waals surface area contributed by atoms with E-state index in [0.29, 0.717) is 29.6 Å². The number of halogens is 2. The van der Waals surface area contributed by atoms with Gasteiger partial charge in [0.2, 0.25) is 0 Å². The van der Waals surface area contributed by atoms with E-state index in [1.165, 1.54) is 0 Å². The molecule has 0 radical (unpaired) electrons. The van der Waals surface area contributed by atoms with Crippen molar-refractivity contribution < 1.29 is 9.53 Å². The molecule has 17 heavy (non-hydrogen) atoms. The molecule has 0 saturated heterocycles. The summed E-state index contributed by atoms with van der Waals surface area (Å²) in [6, 6.07) is 3.54. The number of ether oxygens (including phenoxy) is 1. The quantitative estimate of drug-likeness (QED) is 0.834. The Morgan fingerprint density at radius 3 is 2.71 bits per heavy atom. The molecule has 3 nitrogen and oxygen atoms in total. The fourth-order valence-corrected chi connectivity index (χ4v) is 1.76. The van der Waals surface area contributed by atoms with Crippen molar-refractivity contribution >= 4 is 34.9 Å². The van der Waals surface area contributed by atoms with Crippen LogP contribution in [0, 0.1) is 6.92 Å². The van der Waals surface area contributed by atoms with Crippen LogP contribution < -0.4 is 5.32 Å². The van der Waals surface area contributed by atoms with Crippen LogP contribution in [-0.4, -0.2) is 19.1 Å². The average Bonchev–Trinajstić information content (AvgIpc) is 2.26. The van der Waals surface area contributed by atoms with Gasteiger partial charge in [0, 0.05) is 11.6 Å². The Morgan fingerprint density at radius 1 is 1.35 bits per heavy atom. The molecule has 0 heterocycles. The van der Waals surface area contributed by atoms with Gasteiger partial charge in [0.15, 0.2) is 0 Å². The summed E-state index contributed by atoms with van der Waals surface area (Å²) in [6.07, 6.45) is 0.301. The van der Waals surface area contributed by atoms with Crippen LogP contribution >= 0.6 is 23.2 Å². The molecule has 1 rings (SSSR count). The van der Waals surface area contributed by atoms with Gasteiger partial charge in [-0.2, -0.15) is 0 Å². The highest BCUT2D eigenvalue weighted by Crippen LogP contribution is 2.28. The zero-order valence-corrected chi connectivity index (χ0v) is 11.4. The van der Waals surface area contributed by atoms with Crippen molar-refractivity contribution in [2.24, 2.45) is 0 Å². The molecule has 0 saturated carbocycles. The van der Waals surface area contributed by atoms with E-state index in [9.17, 15) is 4.79 Å². The SMILES string of the molecule is CCOC(=O)CCNc1cc(Cl)c(C)cc1Cl. The monoisotopic (exact) mass is 275 g/mol. The lowest BCUT2D eigenvalue weighted by Crippen LogP contribution is -2.11. The topological polar surface area (TPSA) is 38.3 Å². The molecule has 0 atom stereocenters. The molecular formula is C12H15Cl2NO2. The number of carbonyl (C=O) groups is 1. The zero-order chi connectivity index (χ0) is 12.8. The van der Waals surface area contributed by atoms with Crippen LogP contribution in [0.5, 0.6) is 0 Å². The Kier molecular flexibility index (Phi) is 5.59. The first-order valence-electron chi connectivity index (χ1n) is 5.39. The van der Waals surface area contributed by atoms with Gasteiger partial charge in [0.05, 0.1) is 23.7 Å². The zero-order valence-electron chi connectivity index (χ0n) is 9.85. The lowest BCUT2D eigenvalue weighted by molar-refractivity contribution is -0.142. The summed E-state index contributed by atoms with van der Waals surface area (Å²) in [6.45, 7) is 4.53. The summed E-state index contributed by atoms with van der Waals surface area (Å²) in [7, 11) is 0. The van der Waals surface area contributed by atoms with Crippen LogP contribution in [0.1, 0.15) is 18.9 Å². The Labute approximate surface area is 111 Å². The van der Waals surface area contributed by atoms with Crippen molar-refractivity contribution in [3.05, 3.63) is 27.7 Å². The van der Waals surface area contributed by atoms with Gasteiger partial charge in [0.25, 0.3) is 0 Å². The summed E-state index contributed by atoms with van der Waals surface area (Å²) >= 11 is 12.0. The van der Waals surface area contributed by atoms with Crippen LogP contribution in [0.2, 0.25) is 10.0 Å². The molecule has 0 bridgehead atoms. The third-order valence-electron chi connectivity index (χ3n) is 2.20. The van der Waals surface area contributed by atoms with Crippen LogP contribution in [0.3, 0.4) is 0 Å². The lowest BCUT2D eigenvalue weighted by atomic mass is 10.2. The first kappa shape index (κ1) is 14.1. The molecule has 94 valence electrons. The van der Waals surface area contributed by atoms with Crippen LogP contribution in [0.15, 0.2) is 12.1 Å². The van der Waals surface area contributed by atoms with E-state index in [-0.39, 0.29) is 5.97 Å². The smallest absolute Gasteiger partial charge is 0.307 e. The number of carbonyl (C=O) groups excluding carboxylic acids is 1. The minimum absolute atomic E-state index is 0.227. The largest absolute Gasteiger partial charge is 0.466 e. The molecule has 0 spiro atoms. The maximum absolute atomic E-state index is 11.1. The van der Waals surface area contributed by atoms with Crippen LogP contribution in [-0.2, 0) is 9.53 Å². The third kappa shape index (κ3) is 4.44. The van der Waals surface area contributed by atoms with E-state index in [2.05, 4.69) is 5.32 Å². The molecule has 1 N–H and O–H groups in total. The minimum Gasteiger partial charge on any atom is -0.466 e. The van der Waals surface area contributed by atoms with Crippen molar-refractivity contribution in [1.29, 1.82) is 0 Å². The number of esters is 1. The highest BCUT2D eigenvalue weighted by atomic mass is 35.5. The first-order valence-corrected chi connectivity index (χ1v) is 6.15. The summed E-state index contributed by atoms with van der Waals surface area (Å²) in [4.78, 5) is 11.1.